The Morgan fingerprint density at radius 2 is 2.05 bits per heavy atom. The molecule has 1 atom stereocenters. The van der Waals surface area contributed by atoms with Crippen LogP contribution in [0, 0.1) is 0 Å². The molecule has 0 fully saturated rings. The highest BCUT2D eigenvalue weighted by Crippen LogP contribution is 2.22. The van der Waals surface area contributed by atoms with Crippen molar-refractivity contribution in [1.82, 2.24) is 4.72 Å². The zero-order valence-corrected chi connectivity index (χ0v) is 12.0. The third-order valence-corrected chi connectivity index (χ3v) is 4.41. The molecule has 0 saturated carbocycles. The number of benzene rings is 1. The molecule has 0 bridgehead atoms. The van der Waals surface area contributed by atoms with E-state index in [4.69, 9.17) is 16.7 Å². The van der Waals surface area contributed by atoms with Gasteiger partial charge in [0.05, 0.1) is 5.75 Å². The van der Waals surface area contributed by atoms with Crippen molar-refractivity contribution in [2.45, 2.75) is 25.8 Å². The van der Waals surface area contributed by atoms with E-state index in [2.05, 4.69) is 4.72 Å². The van der Waals surface area contributed by atoms with Gasteiger partial charge in [0.15, 0.2) is 0 Å². The standard InChI is InChI=1S/C12H16ClNO4S/c1-9(10-5-2-3-6-11(10)13)14-19(17,18)8-4-7-12(15)16/h2-3,5-6,9,14H,4,7-8H2,1H3,(H,15,16)/t9-/m1/s1. The lowest BCUT2D eigenvalue weighted by Crippen LogP contribution is -2.29. The van der Waals surface area contributed by atoms with Crippen LogP contribution in [0.3, 0.4) is 0 Å². The number of nitrogens with one attached hydrogen (secondary N) is 1. The third-order valence-electron chi connectivity index (χ3n) is 2.53. The van der Waals surface area contributed by atoms with Crippen LogP contribution >= 0.6 is 11.6 Å². The van der Waals surface area contributed by atoms with Gasteiger partial charge in [-0.2, -0.15) is 0 Å². The zero-order valence-electron chi connectivity index (χ0n) is 10.5. The minimum atomic E-state index is -3.51. The Morgan fingerprint density at radius 3 is 2.63 bits per heavy atom. The Kier molecular flexibility index (Phi) is 5.78. The Morgan fingerprint density at radius 1 is 1.42 bits per heavy atom. The first kappa shape index (κ1) is 15.9. The summed E-state index contributed by atoms with van der Waals surface area (Å²) in [5, 5.41) is 8.96. The maximum Gasteiger partial charge on any atom is 0.303 e. The van der Waals surface area contributed by atoms with E-state index in [-0.39, 0.29) is 18.6 Å². The predicted molar refractivity (Wildman–Crippen MR) is 73.7 cm³/mol. The minimum Gasteiger partial charge on any atom is -0.481 e. The van der Waals surface area contributed by atoms with Gasteiger partial charge in [-0.15, -0.1) is 0 Å². The molecule has 0 unspecified atom stereocenters. The summed E-state index contributed by atoms with van der Waals surface area (Å²) < 4.78 is 26.0. The van der Waals surface area contributed by atoms with Gasteiger partial charge in [-0.3, -0.25) is 4.79 Å². The number of hydrogen-bond acceptors (Lipinski definition) is 3. The van der Waals surface area contributed by atoms with Crippen LogP contribution in [0.15, 0.2) is 24.3 Å². The first-order chi connectivity index (χ1) is 8.82. The fourth-order valence-corrected chi connectivity index (χ4v) is 3.24. The fraction of sp³-hybridized carbons (Fsp3) is 0.417. The number of rotatable bonds is 7. The van der Waals surface area contributed by atoms with E-state index in [0.29, 0.717) is 10.6 Å². The monoisotopic (exact) mass is 305 g/mol. The molecule has 106 valence electrons. The Labute approximate surface area is 117 Å². The third kappa shape index (κ3) is 5.59. The Hall–Kier alpha value is -1.11. The van der Waals surface area contributed by atoms with Gasteiger partial charge >= 0.3 is 5.97 Å². The molecular weight excluding hydrogens is 290 g/mol. The average Bonchev–Trinajstić information content (AvgIpc) is 2.27. The Bertz CT molecular complexity index is 544. The summed E-state index contributed by atoms with van der Waals surface area (Å²) in [6, 6.07) is 6.51. The van der Waals surface area contributed by atoms with E-state index in [9.17, 15) is 13.2 Å². The van der Waals surface area contributed by atoms with E-state index in [1.807, 2.05) is 0 Å². The molecule has 1 aromatic carbocycles. The summed E-state index contributed by atoms with van der Waals surface area (Å²) in [5.74, 6) is -1.22. The molecule has 0 heterocycles. The molecule has 0 radical (unpaired) electrons. The summed E-state index contributed by atoms with van der Waals surface area (Å²) in [5.41, 5.74) is 0.686. The van der Waals surface area contributed by atoms with E-state index < -0.39 is 22.0 Å². The maximum atomic E-state index is 11.8. The highest BCUT2D eigenvalue weighted by atomic mass is 35.5. The summed E-state index contributed by atoms with van der Waals surface area (Å²) in [7, 11) is -3.51. The highest BCUT2D eigenvalue weighted by molar-refractivity contribution is 7.89. The smallest absolute Gasteiger partial charge is 0.303 e. The van der Waals surface area contributed by atoms with E-state index in [0.717, 1.165) is 0 Å². The molecule has 0 aliphatic rings. The summed E-state index contributed by atoms with van der Waals surface area (Å²) in [4.78, 5) is 10.3. The van der Waals surface area contributed by atoms with E-state index >= 15 is 0 Å². The number of aliphatic carboxylic acids is 1. The normalized spacial score (nSPS) is 13.2. The van der Waals surface area contributed by atoms with Crippen LogP contribution in [0.5, 0.6) is 0 Å². The molecule has 5 nitrogen and oxygen atoms in total. The van der Waals surface area contributed by atoms with Crippen LogP contribution < -0.4 is 4.72 Å². The SMILES string of the molecule is C[C@@H](NS(=O)(=O)CCCC(=O)O)c1ccccc1Cl. The molecule has 1 aromatic rings. The second kappa shape index (κ2) is 6.88. The van der Waals surface area contributed by atoms with Crippen LogP contribution in [0.2, 0.25) is 5.02 Å². The topological polar surface area (TPSA) is 83.5 Å². The van der Waals surface area contributed by atoms with Crippen molar-refractivity contribution in [3.05, 3.63) is 34.9 Å². The van der Waals surface area contributed by atoms with Gasteiger partial charge in [0.1, 0.15) is 0 Å². The van der Waals surface area contributed by atoms with Crippen LogP contribution in [-0.2, 0) is 14.8 Å². The van der Waals surface area contributed by atoms with Crippen LogP contribution in [-0.4, -0.2) is 25.2 Å². The lowest BCUT2D eigenvalue weighted by molar-refractivity contribution is -0.137. The van der Waals surface area contributed by atoms with Crippen molar-refractivity contribution < 1.29 is 18.3 Å². The molecule has 7 heteroatoms. The van der Waals surface area contributed by atoms with Crippen LogP contribution in [0.4, 0.5) is 0 Å². The van der Waals surface area contributed by atoms with Gasteiger partial charge in [-0.1, -0.05) is 29.8 Å². The summed E-state index contributed by atoms with van der Waals surface area (Å²) in [6.45, 7) is 1.69. The molecular formula is C12H16ClNO4S. The molecule has 0 aliphatic heterocycles. The average molecular weight is 306 g/mol. The quantitative estimate of drug-likeness (QED) is 0.809. The van der Waals surface area contributed by atoms with Gasteiger partial charge in [0.2, 0.25) is 10.0 Å². The molecule has 0 aliphatic carbocycles. The second-order valence-corrected chi connectivity index (χ2v) is 6.46. The van der Waals surface area contributed by atoms with Crippen molar-refractivity contribution >= 4 is 27.6 Å². The first-order valence-electron chi connectivity index (χ1n) is 5.78. The molecule has 0 saturated heterocycles. The lowest BCUT2D eigenvalue weighted by Gasteiger charge is -2.15. The Balaban J connectivity index is 2.63. The lowest BCUT2D eigenvalue weighted by atomic mass is 10.1. The number of halogens is 1. The van der Waals surface area contributed by atoms with Gasteiger partial charge in [0.25, 0.3) is 0 Å². The van der Waals surface area contributed by atoms with Crippen LogP contribution in [0.1, 0.15) is 31.4 Å². The minimum absolute atomic E-state index is 0.0832. The molecule has 0 amide bonds. The molecule has 0 aromatic heterocycles. The molecule has 19 heavy (non-hydrogen) atoms. The van der Waals surface area contributed by atoms with Crippen LogP contribution in [0.25, 0.3) is 0 Å². The summed E-state index contributed by atoms with van der Waals surface area (Å²) in [6.07, 6.45) is -0.0821. The zero-order chi connectivity index (χ0) is 14.5. The number of carbonyl (C=O) groups is 1. The van der Waals surface area contributed by atoms with Crippen molar-refractivity contribution in [2.24, 2.45) is 0 Å². The van der Waals surface area contributed by atoms with Crippen molar-refractivity contribution in [1.29, 1.82) is 0 Å². The largest absolute Gasteiger partial charge is 0.481 e. The second-order valence-electron chi connectivity index (χ2n) is 4.18. The predicted octanol–water partition coefficient (Wildman–Crippen LogP) is 2.19. The van der Waals surface area contributed by atoms with Gasteiger partial charge < -0.3 is 5.11 Å². The highest BCUT2D eigenvalue weighted by Gasteiger charge is 2.17. The van der Waals surface area contributed by atoms with Crippen molar-refractivity contribution in [3.63, 3.8) is 0 Å². The van der Waals surface area contributed by atoms with Gasteiger partial charge in [0, 0.05) is 17.5 Å². The van der Waals surface area contributed by atoms with E-state index in [1.165, 1.54) is 0 Å². The molecule has 0 spiro atoms. The van der Waals surface area contributed by atoms with Crippen molar-refractivity contribution in [2.75, 3.05) is 5.75 Å². The number of hydrogen-bond donors (Lipinski definition) is 2. The van der Waals surface area contributed by atoms with Crippen molar-refractivity contribution in [3.8, 4) is 0 Å². The summed E-state index contributed by atoms with van der Waals surface area (Å²) >= 11 is 5.98. The maximum absolute atomic E-state index is 11.8. The molecule has 1 rings (SSSR count). The number of carboxylic acid groups (broad SMARTS) is 1. The first-order valence-corrected chi connectivity index (χ1v) is 7.81. The molecule has 2 N–H and O–H groups in total. The number of carboxylic acids is 1. The fourth-order valence-electron chi connectivity index (χ4n) is 1.63. The number of sulfonamides is 1. The van der Waals surface area contributed by atoms with Gasteiger partial charge in [-0.25, -0.2) is 13.1 Å². The van der Waals surface area contributed by atoms with E-state index in [1.54, 1.807) is 31.2 Å². The van der Waals surface area contributed by atoms with Gasteiger partial charge in [-0.05, 0) is 25.0 Å².